The van der Waals surface area contributed by atoms with Gasteiger partial charge >= 0.3 is 0 Å². The van der Waals surface area contributed by atoms with Crippen LogP contribution in [0.25, 0.3) is 0 Å². The van der Waals surface area contributed by atoms with E-state index in [0.29, 0.717) is 47.8 Å². The van der Waals surface area contributed by atoms with Gasteiger partial charge in [-0.1, -0.05) is 46.2 Å². The van der Waals surface area contributed by atoms with Crippen LogP contribution in [0.3, 0.4) is 0 Å². The summed E-state index contributed by atoms with van der Waals surface area (Å²) < 4.78 is 0.762. The fourth-order valence-electron chi connectivity index (χ4n) is 9.90. The Balaban J connectivity index is 1.27. The lowest BCUT2D eigenvalue weighted by molar-refractivity contribution is -0.174. The molecule has 0 bridgehead atoms. The van der Waals surface area contributed by atoms with E-state index in [1.165, 1.54) is 25.7 Å². The Hall–Kier alpha value is -0.620. The smallest absolute Gasteiger partial charge is 0.220 e. The van der Waals surface area contributed by atoms with Crippen LogP contribution < -0.4 is 5.32 Å². The molecule has 0 spiro atoms. The van der Waals surface area contributed by atoms with E-state index in [2.05, 4.69) is 39.9 Å². The van der Waals surface area contributed by atoms with Gasteiger partial charge in [0.2, 0.25) is 5.91 Å². The summed E-state index contributed by atoms with van der Waals surface area (Å²) in [6, 6.07) is 3.95. The minimum atomic E-state index is -0.250. The minimum Gasteiger partial charge on any atom is -0.393 e. The predicted molar refractivity (Wildman–Crippen MR) is 151 cm³/mol. The van der Waals surface area contributed by atoms with Gasteiger partial charge in [-0.3, -0.25) is 4.79 Å². The molecule has 4 saturated carbocycles. The topological polar surface area (TPSA) is 69.6 Å². The lowest BCUT2D eigenvalue weighted by Gasteiger charge is -2.62. The van der Waals surface area contributed by atoms with Gasteiger partial charge in [-0.05, 0) is 116 Å². The van der Waals surface area contributed by atoms with Crippen molar-refractivity contribution in [2.24, 2.45) is 52.3 Å². The average molecular weight is 550 g/mol. The first-order valence-corrected chi connectivity index (χ1v) is 16.0. The molecule has 37 heavy (non-hydrogen) atoms. The third-order valence-corrected chi connectivity index (χ3v) is 13.1. The fraction of sp³-hybridized carbons (Fsp3) is 0.839. The molecule has 4 aliphatic carbocycles. The van der Waals surface area contributed by atoms with Crippen LogP contribution in [-0.2, 0) is 4.79 Å². The van der Waals surface area contributed by atoms with E-state index in [4.69, 9.17) is 11.6 Å². The molecule has 2 unspecified atom stereocenters. The molecule has 1 aromatic heterocycles. The Kier molecular flexibility index (Phi) is 7.86. The summed E-state index contributed by atoms with van der Waals surface area (Å²) in [6.07, 6.45) is 8.58. The van der Waals surface area contributed by atoms with E-state index in [1.807, 2.05) is 12.1 Å². The number of carbonyl (C=O) groups excluding carboxylic acids is 1. The molecular formula is C31H48ClNO3S. The standard InChI is InChI=1S/C31H48ClNO3S/c1-17(2)29(25-8-9-26(32)37-25)33-27(36)14-18(3)21-6-7-22-28-23(11-13-31(21,22)5)30(4)12-10-20(34)15-19(30)16-24(28)35/h8-9,17-24,28-29,34-35H,6-7,10-16H2,1-5H3,(H,33,36)/t18-,19+,20-,21?,22+,23+,24-,28+,29?,30+,31-/m1/s1. The van der Waals surface area contributed by atoms with Gasteiger partial charge < -0.3 is 15.5 Å². The third kappa shape index (κ3) is 4.93. The molecule has 1 amide bonds. The van der Waals surface area contributed by atoms with Gasteiger partial charge in [0.15, 0.2) is 0 Å². The van der Waals surface area contributed by atoms with E-state index in [0.717, 1.165) is 34.9 Å². The fourth-order valence-corrected chi connectivity index (χ4v) is 11.2. The number of carbonyl (C=O) groups is 1. The van der Waals surface area contributed by atoms with Crippen molar-refractivity contribution in [1.82, 2.24) is 5.32 Å². The first-order chi connectivity index (χ1) is 17.4. The summed E-state index contributed by atoms with van der Waals surface area (Å²) >= 11 is 7.74. The zero-order valence-electron chi connectivity index (χ0n) is 23.4. The maximum Gasteiger partial charge on any atom is 0.220 e. The quantitative estimate of drug-likeness (QED) is 0.350. The van der Waals surface area contributed by atoms with Gasteiger partial charge in [0, 0.05) is 11.3 Å². The second kappa shape index (κ2) is 10.4. The number of aliphatic hydroxyl groups is 2. The van der Waals surface area contributed by atoms with Gasteiger partial charge in [-0.2, -0.15) is 0 Å². The van der Waals surface area contributed by atoms with Crippen LogP contribution in [0.2, 0.25) is 4.34 Å². The molecule has 0 aromatic carbocycles. The lowest BCUT2D eigenvalue weighted by atomic mass is 9.43. The van der Waals surface area contributed by atoms with E-state index < -0.39 is 0 Å². The number of rotatable bonds is 6. The molecular weight excluding hydrogens is 502 g/mol. The van der Waals surface area contributed by atoms with Crippen molar-refractivity contribution in [3.63, 3.8) is 0 Å². The Morgan fingerprint density at radius 1 is 1.05 bits per heavy atom. The third-order valence-electron chi connectivity index (χ3n) is 11.8. The highest BCUT2D eigenvalue weighted by molar-refractivity contribution is 7.16. The van der Waals surface area contributed by atoms with Crippen molar-refractivity contribution in [2.45, 2.75) is 111 Å². The van der Waals surface area contributed by atoms with Crippen LogP contribution in [0.1, 0.15) is 103 Å². The number of nitrogens with one attached hydrogen (secondary N) is 1. The average Bonchev–Trinajstić information content (AvgIpc) is 3.41. The molecule has 1 heterocycles. The van der Waals surface area contributed by atoms with Gasteiger partial charge in [0.25, 0.3) is 0 Å². The van der Waals surface area contributed by atoms with Crippen LogP contribution in [0.4, 0.5) is 0 Å². The predicted octanol–water partition coefficient (Wildman–Crippen LogP) is 7.23. The first kappa shape index (κ1) is 27.9. The molecule has 4 aliphatic rings. The van der Waals surface area contributed by atoms with Crippen LogP contribution in [0.5, 0.6) is 0 Å². The summed E-state index contributed by atoms with van der Waals surface area (Å²) in [5, 5.41) is 25.1. The minimum absolute atomic E-state index is 0.000334. The number of thiophene rings is 1. The van der Waals surface area contributed by atoms with Crippen molar-refractivity contribution in [2.75, 3.05) is 0 Å². The highest BCUT2D eigenvalue weighted by Gasteiger charge is 2.62. The monoisotopic (exact) mass is 549 g/mol. The number of halogens is 1. The summed E-state index contributed by atoms with van der Waals surface area (Å²) in [7, 11) is 0. The van der Waals surface area contributed by atoms with Gasteiger partial charge in [-0.25, -0.2) is 0 Å². The summed E-state index contributed by atoms with van der Waals surface area (Å²) in [4.78, 5) is 14.4. The summed E-state index contributed by atoms with van der Waals surface area (Å²) in [5.74, 6) is 3.20. The molecule has 4 fully saturated rings. The van der Waals surface area contributed by atoms with E-state index in [-0.39, 0.29) is 35.0 Å². The summed E-state index contributed by atoms with van der Waals surface area (Å²) in [6.45, 7) is 11.5. The maximum atomic E-state index is 13.3. The van der Waals surface area contributed by atoms with E-state index in [9.17, 15) is 15.0 Å². The summed E-state index contributed by atoms with van der Waals surface area (Å²) in [5.41, 5.74) is 0.447. The highest BCUT2D eigenvalue weighted by Crippen LogP contribution is 2.68. The number of hydrogen-bond donors (Lipinski definition) is 3. The largest absolute Gasteiger partial charge is 0.393 e. The van der Waals surface area contributed by atoms with E-state index in [1.54, 1.807) is 11.3 Å². The number of amides is 1. The molecule has 3 N–H and O–H groups in total. The number of aliphatic hydroxyl groups excluding tert-OH is 2. The molecule has 5 rings (SSSR count). The van der Waals surface area contributed by atoms with Crippen LogP contribution in [-0.4, -0.2) is 28.3 Å². The van der Waals surface area contributed by atoms with Gasteiger partial charge in [0.05, 0.1) is 22.6 Å². The molecule has 11 atom stereocenters. The Morgan fingerprint density at radius 3 is 2.43 bits per heavy atom. The SMILES string of the molecule is CC(C)C(NC(=O)C[C@@H](C)C1CC[C@H]2[C@@H]3[C@H](O)C[C@@H]4C[C@H](O)CC[C@]4(C)[C@H]3CC[C@]12C)c1ccc(Cl)s1. The molecule has 0 aliphatic heterocycles. The lowest BCUT2D eigenvalue weighted by Crippen LogP contribution is -2.58. The molecule has 208 valence electrons. The van der Waals surface area contributed by atoms with Gasteiger partial charge in [0.1, 0.15) is 0 Å². The van der Waals surface area contributed by atoms with Crippen molar-refractivity contribution < 1.29 is 15.0 Å². The second-order valence-electron chi connectivity index (χ2n) is 14.1. The van der Waals surface area contributed by atoms with Crippen molar-refractivity contribution >= 4 is 28.8 Å². The molecule has 4 nitrogen and oxygen atoms in total. The molecule has 0 saturated heterocycles. The number of hydrogen-bond acceptors (Lipinski definition) is 4. The van der Waals surface area contributed by atoms with Crippen LogP contribution in [0, 0.1) is 52.3 Å². The first-order valence-electron chi connectivity index (χ1n) is 14.8. The Bertz CT molecular complexity index is 981. The van der Waals surface area contributed by atoms with Crippen LogP contribution >= 0.6 is 22.9 Å². The second-order valence-corrected chi connectivity index (χ2v) is 15.8. The maximum absolute atomic E-state index is 13.3. The van der Waals surface area contributed by atoms with Crippen molar-refractivity contribution in [3.8, 4) is 0 Å². The zero-order chi connectivity index (χ0) is 26.7. The Labute approximate surface area is 233 Å². The van der Waals surface area contributed by atoms with Crippen LogP contribution in [0.15, 0.2) is 12.1 Å². The number of fused-ring (bicyclic) bond motifs is 5. The Morgan fingerprint density at radius 2 is 1.76 bits per heavy atom. The molecule has 1 aromatic rings. The molecule has 0 radical (unpaired) electrons. The normalized spacial score (nSPS) is 43.0. The van der Waals surface area contributed by atoms with Crippen molar-refractivity contribution in [3.05, 3.63) is 21.3 Å². The molecule has 6 heteroatoms. The highest BCUT2D eigenvalue weighted by atomic mass is 35.5. The van der Waals surface area contributed by atoms with Gasteiger partial charge in [-0.15, -0.1) is 11.3 Å². The van der Waals surface area contributed by atoms with E-state index >= 15 is 0 Å². The zero-order valence-corrected chi connectivity index (χ0v) is 25.0. The van der Waals surface area contributed by atoms with Crippen molar-refractivity contribution in [1.29, 1.82) is 0 Å².